The molecule has 0 unspecified atom stereocenters. The lowest BCUT2D eigenvalue weighted by Gasteiger charge is -2.35. The Morgan fingerprint density at radius 3 is 1.96 bits per heavy atom. The zero-order chi connectivity index (χ0) is 20.0. The van der Waals surface area contributed by atoms with E-state index in [0.717, 1.165) is 24.3 Å². The molecule has 0 spiro atoms. The third-order valence-electron chi connectivity index (χ3n) is 6.24. The minimum atomic E-state index is -0.121. The number of unbranched alkanes of at least 4 members (excludes halogenated alkanes) is 11. The molecule has 3 heteroatoms. The molecule has 28 heavy (non-hydrogen) atoms. The first-order valence-electron chi connectivity index (χ1n) is 11.8. The van der Waals surface area contributed by atoms with E-state index in [1.54, 1.807) is 0 Å². The van der Waals surface area contributed by atoms with Crippen LogP contribution in [0, 0.1) is 0 Å². The molecule has 0 radical (unpaired) electrons. The van der Waals surface area contributed by atoms with Gasteiger partial charge < -0.3 is 0 Å². The number of carbonyl (C=O) groups is 1. The fourth-order valence-electron chi connectivity index (χ4n) is 4.46. The summed E-state index contributed by atoms with van der Waals surface area (Å²) in [5.74, 6) is 0.128. The standard InChI is InChI=1S/C25H41NO2/c1-2-3-4-5-6-7-8-9-10-11-12-16-19-24-20-23(21-25(27)26(24)28)22-17-14-13-15-18-22/h13-15,17-18,23-24,28H,2-12,16,19-21H2,1H3/t23-,24-/m0/s1. The average Bonchev–Trinajstić information content (AvgIpc) is 2.72. The summed E-state index contributed by atoms with van der Waals surface area (Å²) in [6.07, 6.45) is 18.2. The van der Waals surface area contributed by atoms with Crippen LogP contribution < -0.4 is 0 Å². The third kappa shape index (κ3) is 8.34. The van der Waals surface area contributed by atoms with Gasteiger partial charge in [-0.3, -0.25) is 10.0 Å². The van der Waals surface area contributed by atoms with E-state index < -0.39 is 0 Å². The number of hydroxylamine groups is 2. The van der Waals surface area contributed by atoms with Crippen LogP contribution in [0.25, 0.3) is 0 Å². The first kappa shape index (κ1) is 22.9. The molecular formula is C25H41NO2. The second kappa shape index (κ2) is 13.8. The van der Waals surface area contributed by atoms with Crippen LogP contribution in [0.5, 0.6) is 0 Å². The molecule has 1 aliphatic rings. The van der Waals surface area contributed by atoms with E-state index in [0.29, 0.717) is 6.42 Å². The van der Waals surface area contributed by atoms with Crippen LogP contribution in [0.1, 0.15) is 115 Å². The normalized spacial score (nSPS) is 19.9. The molecule has 1 aromatic rings. The van der Waals surface area contributed by atoms with Gasteiger partial charge in [0.05, 0.1) is 6.04 Å². The van der Waals surface area contributed by atoms with Crippen molar-refractivity contribution in [3.8, 4) is 0 Å². The van der Waals surface area contributed by atoms with E-state index in [1.807, 2.05) is 18.2 Å². The van der Waals surface area contributed by atoms with Gasteiger partial charge in [0.1, 0.15) is 0 Å². The number of piperidine rings is 1. The molecule has 1 aliphatic heterocycles. The summed E-state index contributed by atoms with van der Waals surface area (Å²) in [7, 11) is 0. The second-order valence-electron chi connectivity index (χ2n) is 8.62. The minimum Gasteiger partial charge on any atom is -0.286 e. The van der Waals surface area contributed by atoms with Gasteiger partial charge in [-0.1, -0.05) is 114 Å². The highest BCUT2D eigenvalue weighted by molar-refractivity contribution is 5.77. The Morgan fingerprint density at radius 1 is 0.857 bits per heavy atom. The van der Waals surface area contributed by atoms with Crippen LogP contribution in [0.2, 0.25) is 0 Å². The third-order valence-corrected chi connectivity index (χ3v) is 6.24. The van der Waals surface area contributed by atoms with Crippen molar-refractivity contribution in [1.29, 1.82) is 0 Å². The highest BCUT2D eigenvalue weighted by Gasteiger charge is 2.33. The molecule has 1 N–H and O–H groups in total. The lowest BCUT2D eigenvalue weighted by Crippen LogP contribution is -2.43. The minimum absolute atomic E-state index is 0.0189. The molecule has 1 saturated heterocycles. The van der Waals surface area contributed by atoms with E-state index in [1.165, 1.54) is 76.2 Å². The maximum atomic E-state index is 12.2. The van der Waals surface area contributed by atoms with Crippen molar-refractivity contribution in [1.82, 2.24) is 5.06 Å². The van der Waals surface area contributed by atoms with Crippen LogP contribution in [-0.4, -0.2) is 22.2 Å². The number of carbonyl (C=O) groups excluding carboxylic acids is 1. The lowest BCUT2D eigenvalue weighted by molar-refractivity contribution is -0.184. The van der Waals surface area contributed by atoms with E-state index in [4.69, 9.17) is 0 Å². The molecule has 1 amide bonds. The number of hydrogen-bond acceptors (Lipinski definition) is 2. The van der Waals surface area contributed by atoms with Crippen molar-refractivity contribution in [3.63, 3.8) is 0 Å². The second-order valence-corrected chi connectivity index (χ2v) is 8.62. The molecule has 0 bridgehead atoms. The van der Waals surface area contributed by atoms with E-state index in [-0.39, 0.29) is 17.9 Å². The topological polar surface area (TPSA) is 40.5 Å². The Balaban J connectivity index is 1.54. The van der Waals surface area contributed by atoms with E-state index >= 15 is 0 Å². The SMILES string of the molecule is CCCCCCCCCCCCCC[C@H]1C[C@H](c2ccccc2)CC(=O)N1O. The van der Waals surface area contributed by atoms with Crippen molar-refractivity contribution in [2.24, 2.45) is 0 Å². The molecular weight excluding hydrogens is 346 g/mol. The lowest BCUT2D eigenvalue weighted by atomic mass is 9.84. The van der Waals surface area contributed by atoms with Gasteiger partial charge in [-0.05, 0) is 24.3 Å². The molecule has 0 saturated carbocycles. The van der Waals surface area contributed by atoms with Gasteiger partial charge in [0.25, 0.3) is 0 Å². The molecule has 2 rings (SSSR count). The maximum absolute atomic E-state index is 12.2. The van der Waals surface area contributed by atoms with Crippen LogP contribution in [0.4, 0.5) is 0 Å². The number of nitrogens with zero attached hydrogens (tertiary/aromatic N) is 1. The molecule has 0 aromatic heterocycles. The highest BCUT2D eigenvalue weighted by atomic mass is 16.5. The smallest absolute Gasteiger partial charge is 0.246 e. The van der Waals surface area contributed by atoms with Gasteiger partial charge in [-0.15, -0.1) is 0 Å². The summed E-state index contributed by atoms with van der Waals surface area (Å²) >= 11 is 0. The largest absolute Gasteiger partial charge is 0.286 e. The molecule has 2 atom stereocenters. The Kier molecular flexibility index (Phi) is 11.3. The van der Waals surface area contributed by atoms with Gasteiger partial charge in [-0.2, -0.15) is 0 Å². The number of amides is 1. The van der Waals surface area contributed by atoms with Crippen molar-refractivity contribution in [3.05, 3.63) is 35.9 Å². The van der Waals surface area contributed by atoms with Crippen LogP contribution >= 0.6 is 0 Å². The summed E-state index contributed by atoms with van der Waals surface area (Å²) < 4.78 is 0. The fraction of sp³-hybridized carbons (Fsp3) is 0.720. The summed E-state index contributed by atoms with van der Waals surface area (Å²) in [6.45, 7) is 2.27. The molecule has 1 heterocycles. The monoisotopic (exact) mass is 387 g/mol. The number of hydrogen-bond donors (Lipinski definition) is 1. The summed E-state index contributed by atoms with van der Waals surface area (Å²) in [5.41, 5.74) is 1.23. The zero-order valence-corrected chi connectivity index (χ0v) is 18.0. The molecule has 0 aliphatic carbocycles. The zero-order valence-electron chi connectivity index (χ0n) is 18.0. The van der Waals surface area contributed by atoms with Crippen LogP contribution in [0.3, 0.4) is 0 Å². The van der Waals surface area contributed by atoms with Gasteiger partial charge >= 0.3 is 0 Å². The molecule has 158 valence electrons. The summed E-state index contributed by atoms with van der Waals surface area (Å²) in [6, 6.07) is 10.3. The van der Waals surface area contributed by atoms with Gasteiger partial charge in [0, 0.05) is 6.42 Å². The molecule has 3 nitrogen and oxygen atoms in total. The van der Waals surface area contributed by atoms with Crippen molar-refractivity contribution in [2.45, 2.75) is 115 Å². The van der Waals surface area contributed by atoms with E-state index in [9.17, 15) is 10.0 Å². The predicted molar refractivity (Wildman–Crippen MR) is 117 cm³/mol. The van der Waals surface area contributed by atoms with Crippen LogP contribution in [0.15, 0.2) is 30.3 Å². The number of rotatable bonds is 14. The Labute approximate surface area is 172 Å². The highest BCUT2D eigenvalue weighted by Crippen LogP contribution is 2.33. The average molecular weight is 388 g/mol. The summed E-state index contributed by atoms with van der Waals surface area (Å²) in [5, 5.41) is 11.2. The quantitative estimate of drug-likeness (QED) is 0.270. The Hall–Kier alpha value is -1.35. The first-order chi connectivity index (χ1) is 13.7. The van der Waals surface area contributed by atoms with E-state index in [2.05, 4.69) is 19.1 Å². The first-order valence-corrected chi connectivity index (χ1v) is 11.8. The van der Waals surface area contributed by atoms with Crippen LogP contribution in [-0.2, 0) is 4.79 Å². The fourth-order valence-corrected chi connectivity index (χ4v) is 4.46. The Bertz CT molecular complexity index is 531. The molecule has 1 aromatic carbocycles. The maximum Gasteiger partial charge on any atom is 0.246 e. The van der Waals surface area contributed by atoms with Gasteiger partial charge in [0.15, 0.2) is 0 Å². The van der Waals surface area contributed by atoms with Gasteiger partial charge in [0.2, 0.25) is 5.91 Å². The van der Waals surface area contributed by atoms with Crippen molar-refractivity contribution in [2.75, 3.05) is 0 Å². The predicted octanol–water partition coefficient (Wildman–Crippen LogP) is 7.24. The Morgan fingerprint density at radius 2 is 1.39 bits per heavy atom. The molecule has 1 fully saturated rings. The van der Waals surface area contributed by atoms with Gasteiger partial charge in [-0.25, -0.2) is 5.06 Å². The summed E-state index contributed by atoms with van der Waals surface area (Å²) in [4.78, 5) is 12.2. The number of benzene rings is 1. The van der Waals surface area contributed by atoms with Crippen molar-refractivity contribution < 1.29 is 10.0 Å². The van der Waals surface area contributed by atoms with Crippen molar-refractivity contribution >= 4 is 5.91 Å².